The van der Waals surface area contributed by atoms with Crippen molar-refractivity contribution in [3.63, 3.8) is 0 Å². The average Bonchev–Trinajstić information content (AvgIpc) is 2.79. The summed E-state index contributed by atoms with van der Waals surface area (Å²) in [5.41, 5.74) is 1.16. The second-order valence-corrected chi connectivity index (χ2v) is 7.95. The summed E-state index contributed by atoms with van der Waals surface area (Å²) >= 11 is 12.1. The number of ether oxygens (including phenoxy) is 1. The van der Waals surface area contributed by atoms with Crippen LogP contribution in [0.4, 0.5) is 5.69 Å². The molecule has 0 unspecified atom stereocenters. The molecule has 0 spiro atoms. The molecule has 0 bridgehead atoms. The zero-order valence-electron chi connectivity index (χ0n) is 17.5. The topological polar surface area (TPSA) is 80.9 Å². The molecular formula is C25H18Cl2N2O4. The Labute approximate surface area is 199 Å². The first-order valence-corrected chi connectivity index (χ1v) is 10.8. The second kappa shape index (κ2) is 9.48. The SMILES string of the molecule is CCOC(=O)c1ccc(-n2c(O)c(C=Nc3cc(Cl)cc(Cl)c3)c3ccccc3c2=O)cc1. The fourth-order valence-corrected chi connectivity index (χ4v) is 3.96. The molecule has 1 N–H and O–H groups in total. The molecular weight excluding hydrogens is 463 g/mol. The van der Waals surface area contributed by atoms with Gasteiger partial charge in [0.25, 0.3) is 5.56 Å². The Kier molecular flexibility index (Phi) is 6.49. The third-order valence-electron chi connectivity index (χ3n) is 4.93. The maximum absolute atomic E-state index is 13.2. The number of carbonyl (C=O) groups excluding carboxylic acids is 1. The average molecular weight is 481 g/mol. The quantitative estimate of drug-likeness (QED) is 0.283. The number of fused-ring (bicyclic) bond motifs is 1. The van der Waals surface area contributed by atoms with Gasteiger partial charge in [0.1, 0.15) is 0 Å². The van der Waals surface area contributed by atoms with Crippen molar-refractivity contribution < 1.29 is 14.6 Å². The zero-order chi connectivity index (χ0) is 23.5. The summed E-state index contributed by atoms with van der Waals surface area (Å²) in [7, 11) is 0. The maximum Gasteiger partial charge on any atom is 0.338 e. The van der Waals surface area contributed by atoms with Gasteiger partial charge in [0.15, 0.2) is 0 Å². The van der Waals surface area contributed by atoms with Gasteiger partial charge in [0, 0.05) is 27.0 Å². The summed E-state index contributed by atoms with van der Waals surface area (Å²) < 4.78 is 6.17. The molecule has 1 heterocycles. The van der Waals surface area contributed by atoms with Crippen molar-refractivity contribution >= 4 is 51.8 Å². The van der Waals surface area contributed by atoms with Crippen LogP contribution in [0.2, 0.25) is 10.0 Å². The van der Waals surface area contributed by atoms with Crippen LogP contribution in [-0.2, 0) is 4.74 Å². The van der Waals surface area contributed by atoms with Crippen molar-refractivity contribution in [2.24, 2.45) is 4.99 Å². The standard InChI is InChI=1S/C25H18Cl2N2O4/c1-2-33-25(32)15-7-9-19(10-8-15)29-23(30)21-6-4-3-5-20(21)22(24(29)31)14-28-18-12-16(26)11-17(27)13-18/h3-14,31H,2H2,1H3. The van der Waals surface area contributed by atoms with Gasteiger partial charge in [-0.2, -0.15) is 0 Å². The highest BCUT2D eigenvalue weighted by Crippen LogP contribution is 2.28. The molecule has 166 valence electrons. The number of aromatic nitrogens is 1. The first-order valence-electron chi connectivity index (χ1n) is 10.0. The van der Waals surface area contributed by atoms with Crippen molar-refractivity contribution in [3.05, 3.63) is 98.3 Å². The number of nitrogens with zero attached hydrogens (tertiary/aromatic N) is 2. The van der Waals surface area contributed by atoms with Gasteiger partial charge in [-0.05, 0) is 55.5 Å². The number of hydrogen-bond acceptors (Lipinski definition) is 5. The van der Waals surface area contributed by atoms with Crippen molar-refractivity contribution in [1.82, 2.24) is 4.57 Å². The van der Waals surface area contributed by atoms with Crippen LogP contribution in [0.15, 0.2) is 76.5 Å². The highest BCUT2D eigenvalue weighted by atomic mass is 35.5. The molecule has 33 heavy (non-hydrogen) atoms. The Bertz CT molecular complexity index is 1420. The Morgan fingerprint density at radius 2 is 1.67 bits per heavy atom. The van der Waals surface area contributed by atoms with Gasteiger partial charge < -0.3 is 9.84 Å². The number of aliphatic imine (C=N–C) groups is 1. The Morgan fingerprint density at radius 1 is 1.03 bits per heavy atom. The summed E-state index contributed by atoms with van der Waals surface area (Å²) in [5.74, 6) is -0.758. The van der Waals surface area contributed by atoms with Crippen molar-refractivity contribution in [1.29, 1.82) is 0 Å². The molecule has 0 atom stereocenters. The highest BCUT2D eigenvalue weighted by Gasteiger charge is 2.17. The largest absolute Gasteiger partial charge is 0.494 e. The molecule has 8 heteroatoms. The summed E-state index contributed by atoms with van der Waals surface area (Å²) in [4.78, 5) is 29.6. The van der Waals surface area contributed by atoms with Crippen LogP contribution >= 0.6 is 23.2 Å². The van der Waals surface area contributed by atoms with Gasteiger partial charge >= 0.3 is 5.97 Å². The van der Waals surface area contributed by atoms with E-state index in [0.29, 0.717) is 43.3 Å². The predicted molar refractivity (Wildman–Crippen MR) is 131 cm³/mol. The first kappa shape index (κ1) is 22.6. The lowest BCUT2D eigenvalue weighted by Gasteiger charge is -2.14. The highest BCUT2D eigenvalue weighted by molar-refractivity contribution is 6.35. The van der Waals surface area contributed by atoms with Crippen LogP contribution in [-0.4, -0.2) is 28.5 Å². The number of aromatic hydroxyl groups is 1. The van der Waals surface area contributed by atoms with E-state index in [-0.39, 0.29) is 12.5 Å². The lowest BCUT2D eigenvalue weighted by atomic mass is 10.1. The number of esters is 1. The molecule has 0 aliphatic rings. The number of benzene rings is 3. The zero-order valence-corrected chi connectivity index (χ0v) is 19.0. The number of hydrogen-bond donors (Lipinski definition) is 1. The number of pyridine rings is 1. The van der Waals surface area contributed by atoms with Crippen LogP contribution in [0.25, 0.3) is 16.5 Å². The fraction of sp³-hybridized carbons (Fsp3) is 0.0800. The summed E-state index contributed by atoms with van der Waals surface area (Å²) in [5, 5.41) is 12.9. The Balaban J connectivity index is 1.87. The van der Waals surface area contributed by atoms with E-state index >= 15 is 0 Å². The van der Waals surface area contributed by atoms with E-state index in [4.69, 9.17) is 27.9 Å². The molecule has 4 aromatic rings. The Hall–Kier alpha value is -3.61. The van der Waals surface area contributed by atoms with Gasteiger partial charge in [-0.25, -0.2) is 9.36 Å². The molecule has 0 amide bonds. The number of carbonyl (C=O) groups is 1. The van der Waals surface area contributed by atoms with E-state index in [9.17, 15) is 14.7 Å². The monoisotopic (exact) mass is 480 g/mol. The lowest BCUT2D eigenvalue weighted by Crippen LogP contribution is -2.20. The van der Waals surface area contributed by atoms with E-state index in [0.717, 1.165) is 0 Å². The van der Waals surface area contributed by atoms with Gasteiger partial charge in [-0.15, -0.1) is 0 Å². The van der Waals surface area contributed by atoms with E-state index in [1.165, 1.54) is 22.9 Å². The number of rotatable bonds is 5. The van der Waals surface area contributed by atoms with Gasteiger partial charge in [0.2, 0.25) is 5.88 Å². The van der Waals surface area contributed by atoms with Gasteiger partial charge in [-0.1, -0.05) is 41.4 Å². The first-order chi connectivity index (χ1) is 15.9. The molecule has 0 radical (unpaired) electrons. The van der Waals surface area contributed by atoms with Crippen LogP contribution in [0.5, 0.6) is 5.88 Å². The van der Waals surface area contributed by atoms with Crippen LogP contribution in [0, 0.1) is 0 Å². The van der Waals surface area contributed by atoms with E-state index in [2.05, 4.69) is 4.99 Å². The lowest BCUT2D eigenvalue weighted by molar-refractivity contribution is 0.0526. The van der Waals surface area contributed by atoms with Gasteiger partial charge in [0.05, 0.1) is 29.1 Å². The minimum atomic E-state index is -0.466. The minimum Gasteiger partial charge on any atom is -0.494 e. The van der Waals surface area contributed by atoms with Gasteiger partial charge in [-0.3, -0.25) is 9.79 Å². The molecule has 0 saturated heterocycles. The molecule has 4 rings (SSSR count). The summed E-state index contributed by atoms with van der Waals surface area (Å²) in [6.45, 7) is 1.98. The normalized spacial score (nSPS) is 11.2. The van der Waals surface area contributed by atoms with Crippen molar-refractivity contribution in [2.45, 2.75) is 6.92 Å². The Morgan fingerprint density at radius 3 is 2.30 bits per heavy atom. The predicted octanol–water partition coefficient (Wildman–Crippen LogP) is 5.93. The molecule has 3 aromatic carbocycles. The molecule has 1 aromatic heterocycles. The third-order valence-corrected chi connectivity index (χ3v) is 5.37. The molecule has 0 fully saturated rings. The maximum atomic E-state index is 13.2. The van der Waals surface area contributed by atoms with E-state index in [1.54, 1.807) is 61.5 Å². The second-order valence-electron chi connectivity index (χ2n) is 7.08. The van der Waals surface area contributed by atoms with E-state index < -0.39 is 11.5 Å². The van der Waals surface area contributed by atoms with Crippen molar-refractivity contribution in [2.75, 3.05) is 6.61 Å². The van der Waals surface area contributed by atoms with Crippen LogP contribution in [0.3, 0.4) is 0 Å². The number of halogens is 2. The van der Waals surface area contributed by atoms with Crippen molar-refractivity contribution in [3.8, 4) is 11.6 Å². The summed E-state index contributed by atoms with van der Waals surface area (Å²) in [6.07, 6.45) is 1.46. The smallest absolute Gasteiger partial charge is 0.338 e. The van der Waals surface area contributed by atoms with E-state index in [1.807, 2.05) is 0 Å². The molecule has 6 nitrogen and oxygen atoms in total. The summed E-state index contributed by atoms with van der Waals surface area (Å²) in [6, 6.07) is 18.0. The van der Waals surface area contributed by atoms with Crippen LogP contribution < -0.4 is 5.56 Å². The fourth-order valence-electron chi connectivity index (χ4n) is 3.44. The molecule has 0 aliphatic carbocycles. The molecule has 0 saturated carbocycles. The minimum absolute atomic E-state index is 0.256. The van der Waals surface area contributed by atoms with Crippen LogP contribution in [0.1, 0.15) is 22.8 Å². The molecule has 0 aliphatic heterocycles. The third kappa shape index (κ3) is 4.62.